The van der Waals surface area contributed by atoms with Crippen LogP contribution in [0.5, 0.6) is 0 Å². The molecule has 1 fully saturated rings. The van der Waals surface area contributed by atoms with Crippen molar-refractivity contribution in [2.75, 3.05) is 29.9 Å². The minimum atomic E-state index is -0.379. The number of amides is 4. The van der Waals surface area contributed by atoms with Crippen LogP contribution in [-0.2, 0) is 9.59 Å². The van der Waals surface area contributed by atoms with E-state index in [1.54, 1.807) is 42.6 Å². The number of carbonyl (C=O) groups is 4. The molecular weight excluding hydrogens is 398 g/mol. The molecule has 31 heavy (non-hydrogen) atoms. The van der Waals surface area contributed by atoms with Gasteiger partial charge in [0.25, 0.3) is 11.8 Å². The number of primary amides is 1. The van der Waals surface area contributed by atoms with Gasteiger partial charge >= 0.3 is 0 Å². The van der Waals surface area contributed by atoms with Gasteiger partial charge in [0, 0.05) is 26.1 Å². The molecule has 1 saturated heterocycles. The van der Waals surface area contributed by atoms with Gasteiger partial charge in [0.1, 0.15) is 5.82 Å². The standard InChI is InChI=1S/C22H23N5O4/c23-20(29)14-4-3-10-26(13-14)18-8-7-15(12-24-18)25-19(28)9-11-27-21(30)16-5-1-2-6-17(16)22(27)31/h1-2,5-8,12,14H,3-4,9-11,13H2,(H2,23,29)(H,25,28). The highest BCUT2D eigenvalue weighted by Gasteiger charge is 2.35. The molecule has 160 valence electrons. The zero-order chi connectivity index (χ0) is 22.0. The number of piperidine rings is 1. The first-order valence-electron chi connectivity index (χ1n) is 10.2. The molecule has 4 amide bonds. The number of hydrogen-bond donors (Lipinski definition) is 2. The minimum Gasteiger partial charge on any atom is -0.369 e. The van der Waals surface area contributed by atoms with Crippen molar-refractivity contribution in [2.24, 2.45) is 11.7 Å². The third-order valence-electron chi connectivity index (χ3n) is 5.62. The van der Waals surface area contributed by atoms with Gasteiger partial charge in [-0.05, 0) is 37.1 Å². The van der Waals surface area contributed by atoms with Crippen LogP contribution in [0.4, 0.5) is 11.5 Å². The van der Waals surface area contributed by atoms with E-state index in [2.05, 4.69) is 10.3 Å². The van der Waals surface area contributed by atoms with Gasteiger partial charge in [-0.2, -0.15) is 0 Å². The fraction of sp³-hybridized carbons (Fsp3) is 0.318. The van der Waals surface area contributed by atoms with Gasteiger partial charge in [-0.1, -0.05) is 12.1 Å². The van der Waals surface area contributed by atoms with Crippen molar-refractivity contribution >= 4 is 35.1 Å². The molecule has 1 atom stereocenters. The van der Waals surface area contributed by atoms with Crippen molar-refractivity contribution in [3.63, 3.8) is 0 Å². The Labute approximate surface area is 179 Å². The molecule has 2 aliphatic rings. The number of imide groups is 1. The van der Waals surface area contributed by atoms with Crippen molar-refractivity contribution in [3.8, 4) is 0 Å². The molecule has 3 N–H and O–H groups in total. The van der Waals surface area contributed by atoms with Crippen molar-refractivity contribution in [1.29, 1.82) is 0 Å². The Balaban J connectivity index is 1.31. The van der Waals surface area contributed by atoms with Crippen LogP contribution in [-0.4, -0.2) is 53.1 Å². The quantitative estimate of drug-likeness (QED) is 0.679. The number of fused-ring (bicyclic) bond motifs is 1. The van der Waals surface area contributed by atoms with Crippen molar-refractivity contribution < 1.29 is 19.2 Å². The van der Waals surface area contributed by atoms with Crippen LogP contribution >= 0.6 is 0 Å². The predicted molar refractivity (Wildman–Crippen MR) is 113 cm³/mol. The SMILES string of the molecule is NC(=O)C1CCCN(c2ccc(NC(=O)CCN3C(=O)c4ccccc4C3=O)cn2)C1. The summed E-state index contributed by atoms with van der Waals surface area (Å²) >= 11 is 0. The summed E-state index contributed by atoms with van der Waals surface area (Å²) in [4.78, 5) is 56.0. The molecule has 9 heteroatoms. The van der Waals surface area contributed by atoms with Crippen molar-refractivity contribution in [1.82, 2.24) is 9.88 Å². The van der Waals surface area contributed by atoms with Crippen molar-refractivity contribution in [2.45, 2.75) is 19.3 Å². The summed E-state index contributed by atoms with van der Waals surface area (Å²) in [5.74, 6) is -0.845. The zero-order valence-electron chi connectivity index (χ0n) is 16.9. The lowest BCUT2D eigenvalue weighted by molar-refractivity contribution is -0.122. The predicted octanol–water partition coefficient (Wildman–Crippen LogP) is 1.41. The van der Waals surface area contributed by atoms with E-state index in [9.17, 15) is 19.2 Å². The molecule has 0 bridgehead atoms. The number of anilines is 2. The second-order valence-corrected chi connectivity index (χ2v) is 7.70. The Bertz CT molecular complexity index is 1000. The first kappa shape index (κ1) is 20.5. The normalized spacial score (nSPS) is 18.1. The second-order valence-electron chi connectivity index (χ2n) is 7.70. The van der Waals surface area contributed by atoms with Gasteiger partial charge in [-0.3, -0.25) is 24.1 Å². The third-order valence-corrected chi connectivity index (χ3v) is 5.62. The van der Waals surface area contributed by atoms with Crippen LogP contribution in [0.1, 0.15) is 40.0 Å². The summed E-state index contributed by atoms with van der Waals surface area (Å²) in [6.45, 7) is 1.34. The van der Waals surface area contributed by atoms with Gasteiger partial charge in [-0.15, -0.1) is 0 Å². The lowest BCUT2D eigenvalue weighted by Gasteiger charge is -2.32. The van der Waals surface area contributed by atoms with Crippen LogP contribution in [0.15, 0.2) is 42.6 Å². The molecule has 9 nitrogen and oxygen atoms in total. The Hall–Kier alpha value is -3.75. The van der Waals surface area contributed by atoms with Gasteiger partial charge in [0.2, 0.25) is 11.8 Å². The third kappa shape index (κ3) is 4.25. The van der Waals surface area contributed by atoms with E-state index < -0.39 is 0 Å². The largest absolute Gasteiger partial charge is 0.369 e. The summed E-state index contributed by atoms with van der Waals surface area (Å²) in [6, 6.07) is 10.1. The Morgan fingerprint density at radius 2 is 1.81 bits per heavy atom. The molecule has 0 saturated carbocycles. The number of pyridine rings is 1. The van der Waals surface area contributed by atoms with E-state index in [0.29, 0.717) is 23.4 Å². The summed E-state index contributed by atoms with van der Waals surface area (Å²) in [6.07, 6.45) is 3.18. The maximum absolute atomic E-state index is 12.4. The van der Waals surface area contributed by atoms with Crippen LogP contribution in [0, 0.1) is 5.92 Å². The highest BCUT2D eigenvalue weighted by molar-refractivity contribution is 6.21. The van der Waals surface area contributed by atoms with E-state index in [1.165, 1.54) is 0 Å². The average Bonchev–Trinajstić information content (AvgIpc) is 3.03. The molecule has 2 aromatic rings. The summed E-state index contributed by atoms with van der Waals surface area (Å²) in [5, 5.41) is 2.73. The van der Waals surface area contributed by atoms with Crippen LogP contribution in [0.2, 0.25) is 0 Å². The molecule has 0 spiro atoms. The van der Waals surface area contributed by atoms with E-state index in [1.807, 2.05) is 4.90 Å². The number of nitrogens with one attached hydrogen (secondary N) is 1. The first-order chi connectivity index (χ1) is 14.9. The fourth-order valence-electron chi connectivity index (χ4n) is 3.94. The Kier molecular flexibility index (Phi) is 5.66. The minimum absolute atomic E-state index is 0.00593. The molecule has 0 radical (unpaired) electrons. The highest BCUT2D eigenvalue weighted by Crippen LogP contribution is 2.24. The smallest absolute Gasteiger partial charge is 0.261 e. The number of hydrogen-bond acceptors (Lipinski definition) is 6. The Morgan fingerprint density at radius 1 is 1.10 bits per heavy atom. The second kappa shape index (κ2) is 8.55. The maximum atomic E-state index is 12.4. The molecule has 1 aromatic carbocycles. The number of carbonyl (C=O) groups excluding carboxylic acids is 4. The summed E-state index contributed by atoms with van der Waals surface area (Å²) < 4.78 is 0. The van der Waals surface area contributed by atoms with E-state index in [0.717, 1.165) is 30.1 Å². The molecule has 3 heterocycles. The zero-order valence-corrected chi connectivity index (χ0v) is 16.9. The summed E-state index contributed by atoms with van der Waals surface area (Å²) in [5.41, 5.74) is 6.67. The van der Waals surface area contributed by atoms with Crippen molar-refractivity contribution in [3.05, 3.63) is 53.7 Å². The van der Waals surface area contributed by atoms with E-state index in [4.69, 9.17) is 5.73 Å². The molecule has 1 aromatic heterocycles. The first-order valence-corrected chi connectivity index (χ1v) is 10.2. The molecule has 0 aliphatic carbocycles. The number of nitrogens with two attached hydrogens (primary N) is 1. The lowest BCUT2D eigenvalue weighted by atomic mass is 9.97. The monoisotopic (exact) mass is 421 g/mol. The molecule has 4 rings (SSSR count). The molecular formula is C22H23N5O4. The number of benzene rings is 1. The van der Waals surface area contributed by atoms with Gasteiger partial charge < -0.3 is 16.0 Å². The molecule has 2 aliphatic heterocycles. The van der Waals surface area contributed by atoms with Crippen LogP contribution in [0.25, 0.3) is 0 Å². The topological polar surface area (TPSA) is 126 Å². The number of nitrogens with zero attached hydrogens (tertiary/aromatic N) is 3. The molecule has 1 unspecified atom stereocenters. The van der Waals surface area contributed by atoms with Crippen LogP contribution in [0.3, 0.4) is 0 Å². The maximum Gasteiger partial charge on any atom is 0.261 e. The number of aromatic nitrogens is 1. The van der Waals surface area contributed by atoms with E-state index >= 15 is 0 Å². The average molecular weight is 421 g/mol. The van der Waals surface area contributed by atoms with E-state index in [-0.39, 0.29) is 42.5 Å². The fourth-order valence-corrected chi connectivity index (χ4v) is 3.94. The Morgan fingerprint density at radius 3 is 2.42 bits per heavy atom. The van der Waals surface area contributed by atoms with Crippen LogP contribution < -0.4 is 16.0 Å². The lowest BCUT2D eigenvalue weighted by Crippen LogP contribution is -2.41. The number of rotatable bonds is 6. The van der Waals surface area contributed by atoms with Gasteiger partial charge in [-0.25, -0.2) is 4.98 Å². The highest BCUT2D eigenvalue weighted by atomic mass is 16.2. The summed E-state index contributed by atoms with van der Waals surface area (Å²) in [7, 11) is 0. The van der Waals surface area contributed by atoms with Gasteiger partial charge in [0.15, 0.2) is 0 Å². The van der Waals surface area contributed by atoms with Gasteiger partial charge in [0.05, 0.1) is 28.9 Å².